The summed E-state index contributed by atoms with van der Waals surface area (Å²) in [5.41, 5.74) is 0. The van der Waals surface area contributed by atoms with E-state index in [9.17, 15) is 4.79 Å². The van der Waals surface area contributed by atoms with Crippen LogP contribution in [0.4, 0.5) is 0 Å². The van der Waals surface area contributed by atoms with Crippen molar-refractivity contribution < 1.29 is 9.90 Å². The molecule has 2 heterocycles. The minimum atomic E-state index is -0.273. The summed E-state index contributed by atoms with van der Waals surface area (Å²) in [6, 6.07) is 0. The Balaban J connectivity index is 1.70. The lowest BCUT2D eigenvalue weighted by Gasteiger charge is -2.39. The molecule has 2 saturated heterocycles. The molecule has 4 heteroatoms. The second-order valence-electron chi connectivity index (χ2n) is 3.58. The summed E-state index contributed by atoms with van der Waals surface area (Å²) in [4.78, 5) is 15.2. The van der Waals surface area contributed by atoms with Crippen LogP contribution in [-0.4, -0.2) is 59.6 Å². The molecule has 0 aliphatic carbocycles. The van der Waals surface area contributed by atoms with Crippen molar-refractivity contribution in [1.29, 1.82) is 0 Å². The van der Waals surface area contributed by atoms with Crippen LogP contribution in [0.15, 0.2) is 0 Å². The fourth-order valence-corrected chi connectivity index (χ4v) is 1.49. The Labute approximate surface area is 71.8 Å². The van der Waals surface area contributed by atoms with Crippen LogP contribution < -0.4 is 0 Å². The molecule has 1 amide bonds. The van der Waals surface area contributed by atoms with Crippen molar-refractivity contribution in [3.8, 4) is 0 Å². The summed E-state index contributed by atoms with van der Waals surface area (Å²) >= 11 is 0. The number of carbonyl (C=O) groups is 1. The average Bonchev–Trinajstić information content (AvgIpc) is 1.90. The maximum atomic E-state index is 11.3. The summed E-state index contributed by atoms with van der Waals surface area (Å²) in [6.45, 7) is 3.73. The van der Waals surface area contributed by atoms with Crippen LogP contribution in [0, 0.1) is 0 Å². The van der Waals surface area contributed by atoms with Crippen molar-refractivity contribution >= 4 is 5.91 Å². The highest BCUT2D eigenvalue weighted by atomic mass is 16.3. The molecule has 12 heavy (non-hydrogen) atoms. The number of rotatable bonds is 2. The Morgan fingerprint density at radius 3 is 2.50 bits per heavy atom. The van der Waals surface area contributed by atoms with Crippen molar-refractivity contribution in [1.82, 2.24) is 9.80 Å². The van der Waals surface area contributed by atoms with E-state index < -0.39 is 0 Å². The standard InChI is InChI=1S/C8H14N2O2/c11-7-4-10(5-7)8(12)6-9-2-1-3-9/h7,11H,1-6H2. The van der Waals surface area contributed by atoms with Crippen LogP contribution in [0.5, 0.6) is 0 Å². The molecule has 0 atom stereocenters. The number of aliphatic hydroxyl groups excluding tert-OH is 1. The Morgan fingerprint density at radius 1 is 1.42 bits per heavy atom. The number of hydrogen-bond donors (Lipinski definition) is 1. The SMILES string of the molecule is O=C(CN1CCC1)N1CC(O)C1. The predicted octanol–water partition coefficient (Wildman–Crippen LogP) is -1.10. The van der Waals surface area contributed by atoms with Gasteiger partial charge in [-0.2, -0.15) is 0 Å². The van der Waals surface area contributed by atoms with E-state index in [-0.39, 0.29) is 12.0 Å². The molecule has 0 aromatic heterocycles. The van der Waals surface area contributed by atoms with E-state index >= 15 is 0 Å². The molecule has 0 saturated carbocycles. The van der Waals surface area contributed by atoms with Crippen LogP contribution in [0.1, 0.15) is 6.42 Å². The Bertz CT molecular complexity index is 185. The average molecular weight is 170 g/mol. The number of aliphatic hydroxyl groups is 1. The van der Waals surface area contributed by atoms with Crippen LogP contribution in [0.3, 0.4) is 0 Å². The summed E-state index contributed by atoms with van der Waals surface area (Å²) in [6.07, 6.45) is 0.945. The first-order valence-electron chi connectivity index (χ1n) is 4.44. The van der Waals surface area contributed by atoms with Crippen LogP contribution in [-0.2, 0) is 4.79 Å². The lowest BCUT2D eigenvalue weighted by molar-refractivity contribution is -0.143. The van der Waals surface area contributed by atoms with E-state index in [1.54, 1.807) is 4.90 Å². The van der Waals surface area contributed by atoms with Gasteiger partial charge in [0.15, 0.2) is 0 Å². The Kier molecular flexibility index (Phi) is 2.02. The van der Waals surface area contributed by atoms with Crippen molar-refractivity contribution in [3.05, 3.63) is 0 Å². The predicted molar refractivity (Wildman–Crippen MR) is 43.6 cm³/mol. The summed E-state index contributed by atoms with van der Waals surface area (Å²) in [5.74, 6) is 0.167. The molecule has 2 aliphatic rings. The fourth-order valence-electron chi connectivity index (χ4n) is 1.49. The molecule has 0 unspecified atom stereocenters. The molecule has 68 valence electrons. The van der Waals surface area contributed by atoms with Crippen molar-refractivity contribution in [2.24, 2.45) is 0 Å². The van der Waals surface area contributed by atoms with E-state index in [1.165, 1.54) is 6.42 Å². The quantitative estimate of drug-likeness (QED) is 0.572. The zero-order valence-corrected chi connectivity index (χ0v) is 7.07. The zero-order chi connectivity index (χ0) is 8.55. The summed E-state index contributed by atoms with van der Waals surface area (Å²) < 4.78 is 0. The van der Waals surface area contributed by atoms with Gasteiger partial charge in [-0.3, -0.25) is 9.69 Å². The van der Waals surface area contributed by atoms with Crippen molar-refractivity contribution in [2.75, 3.05) is 32.7 Å². The normalized spacial score (nSPS) is 24.9. The zero-order valence-electron chi connectivity index (χ0n) is 7.07. The number of amides is 1. The molecule has 0 aromatic carbocycles. The minimum Gasteiger partial charge on any atom is -0.389 e. The van der Waals surface area contributed by atoms with E-state index in [0.717, 1.165) is 13.1 Å². The Morgan fingerprint density at radius 2 is 2.08 bits per heavy atom. The smallest absolute Gasteiger partial charge is 0.236 e. The lowest BCUT2D eigenvalue weighted by atomic mass is 10.1. The maximum Gasteiger partial charge on any atom is 0.236 e. The van der Waals surface area contributed by atoms with Gasteiger partial charge in [-0.25, -0.2) is 0 Å². The fraction of sp³-hybridized carbons (Fsp3) is 0.875. The van der Waals surface area contributed by atoms with E-state index in [1.807, 2.05) is 0 Å². The highest BCUT2D eigenvalue weighted by Crippen LogP contribution is 2.10. The Hall–Kier alpha value is -0.610. The molecular formula is C8H14N2O2. The van der Waals surface area contributed by atoms with Gasteiger partial charge < -0.3 is 10.0 Å². The molecule has 0 bridgehead atoms. The number of nitrogens with zero attached hydrogens (tertiary/aromatic N) is 2. The number of β-amino-alcohol motifs (C(OH)–C–C–N with tert-alkyl or cyclic N) is 1. The molecular weight excluding hydrogens is 156 g/mol. The van der Waals surface area contributed by atoms with Gasteiger partial charge >= 0.3 is 0 Å². The number of carbonyl (C=O) groups excluding carboxylic acids is 1. The molecule has 2 rings (SSSR count). The maximum absolute atomic E-state index is 11.3. The van der Waals surface area contributed by atoms with E-state index in [2.05, 4.69) is 4.90 Å². The van der Waals surface area contributed by atoms with Gasteiger partial charge in [0.1, 0.15) is 0 Å². The van der Waals surface area contributed by atoms with Gasteiger partial charge in [0, 0.05) is 13.1 Å². The molecule has 2 aliphatic heterocycles. The molecule has 0 radical (unpaired) electrons. The monoisotopic (exact) mass is 170 g/mol. The number of likely N-dealkylation sites (tertiary alicyclic amines) is 2. The topological polar surface area (TPSA) is 43.8 Å². The van der Waals surface area contributed by atoms with Gasteiger partial charge in [0.05, 0.1) is 12.6 Å². The van der Waals surface area contributed by atoms with Gasteiger partial charge in [-0.15, -0.1) is 0 Å². The second kappa shape index (κ2) is 3.03. The van der Waals surface area contributed by atoms with Gasteiger partial charge in [0.25, 0.3) is 0 Å². The van der Waals surface area contributed by atoms with Gasteiger partial charge in [-0.1, -0.05) is 0 Å². The first-order chi connectivity index (χ1) is 5.75. The van der Waals surface area contributed by atoms with Gasteiger partial charge in [0.2, 0.25) is 5.91 Å². The van der Waals surface area contributed by atoms with Crippen LogP contribution >= 0.6 is 0 Å². The summed E-state index contributed by atoms with van der Waals surface area (Å²) in [7, 11) is 0. The molecule has 2 fully saturated rings. The first kappa shape index (κ1) is 8.01. The van der Waals surface area contributed by atoms with Crippen LogP contribution in [0.25, 0.3) is 0 Å². The molecule has 0 aromatic rings. The second-order valence-corrected chi connectivity index (χ2v) is 3.58. The molecule has 0 spiro atoms. The molecule has 1 N–H and O–H groups in total. The van der Waals surface area contributed by atoms with Crippen molar-refractivity contribution in [2.45, 2.75) is 12.5 Å². The van der Waals surface area contributed by atoms with Crippen molar-refractivity contribution in [3.63, 3.8) is 0 Å². The third-order valence-electron chi connectivity index (χ3n) is 2.52. The number of hydrogen-bond acceptors (Lipinski definition) is 3. The minimum absolute atomic E-state index is 0.167. The molecule has 4 nitrogen and oxygen atoms in total. The van der Waals surface area contributed by atoms with Crippen LogP contribution in [0.2, 0.25) is 0 Å². The van der Waals surface area contributed by atoms with Gasteiger partial charge in [-0.05, 0) is 19.5 Å². The first-order valence-corrected chi connectivity index (χ1v) is 4.44. The third-order valence-corrected chi connectivity index (χ3v) is 2.52. The van der Waals surface area contributed by atoms with E-state index in [4.69, 9.17) is 5.11 Å². The van der Waals surface area contributed by atoms with E-state index in [0.29, 0.717) is 19.6 Å². The summed E-state index contributed by atoms with van der Waals surface area (Å²) in [5, 5.41) is 8.97. The highest BCUT2D eigenvalue weighted by Gasteiger charge is 2.30. The highest BCUT2D eigenvalue weighted by molar-refractivity contribution is 5.79. The third kappa shape index (κ3) is 1.44. The largest absolute Gasteiger partial charge is 0.389 e. The lowest BCUT2D eigenvalue weighted by Crippen LogP contribution is -2.57.